The third-order valence-electron chi connectivity index (χ3n) is 5.45. The summed E-state index contributed by atoms with van der Waals surface area (Å²) in [5, 5.41) is 5.51. The Bertz CT molecular complexity index is 966. The number of hydrogen-bond donors (Lipinski definition) is 1. The molecule has 1 N–H and O–H groups in total. The zero-order valence-electron chi connectivity index (χ0n) is 15.3. The maximum absolute atomic E-state index is 10.9. The predicted molar refractivity (Wildman–Crippen MR) is 109 cm³/mol. The molecule has 1 saturated heterocycles. The van der Waals surface area contributed by atoms with Crippen LogP contribution in [0.2, 0.25) is 5.02 Å². The van der Waals surface area contributed by atoms with Gasteiger partial charge in [0.25, 0.3) is 0 Å². The molecule has 1 aliphatic heterocycles. The van der Waals surface area contributed by atoms with Gasteiger partial charge in [0, 0.05) is 54.7 Å². The van der Waals surface area contributed by atoms with Crippen LogP contribution in [0, 0.1) is 0 Å². The Labute approximate surface area is 164 Å². The van der Waals surface area contributed by atoms with Crippen molar-refractivity contribution < 1.29 is 4.79 Å². The molecule has 0 bridgehead atoms. The van der Waals surface area contributed by atoms with Crippen molar-refractivity contribution in [1.29, 1.82) is 0 Å². The highest BCUT2D eigenvalue weighted by Crippen LogP contribution is 2.27. The number of anilines is 1. The molecule has 0 unspecified atom stereocenters. The molecule has 1 aromatic carbocycles. The number of hydrogen-bond acceptors (Lipinski definition) is 4. The first kappa shape index (κ1) is 18.0. The van der Waals surface area contributed by atoms with Crippen LogP contribution in [-0.4, -0.2) is 49.5 Å². The molecule has 1 fully saturated rings. The molecule has 1 aliphatic carbocycles. The van der Waals surface area contributed by atoms with Gasteiger partial charge in [0.1, 0.15) is 0 Å². The lowest BCUT2D eigenvalue weighted by atomic mass is 9.92. The highest BCUT2D eigenvalue weighted by Gasteiger charge is 2.21. The van der Waals surface area contributed by atoms with Crippen molar-refractivity contribution in [2.75, 3.05) is 38.1 Å². The minimum atomic E-state index is 0.754. The first-order chi connectivity index (χ1) is 13.2. The number of amides is 1. The van der Waals surface area contributed by atoms with E-state index in [4.69, 9.17) is 11.6 Å². The van der Waals surface area contributed by atoms with E-state index in [0.717, 1.165) is 71.4 Å². The largest absolute Gasteiger partial charge is 0.368 e. The number of halogens is 1. The highest BCUT2D eigenvalue weighted by atomic mass is 35.5. The molecule has 1 radical (unpaired) electrons. The zero-order chi connectivity index (χ0) is 18.8. The second-order valence-corrected chi connectivity index (χ2v) is 7.41. The minimum Gasteiger partial charge on any atom is -0.368 e. The van der Waals surface area contributed by atoms with Crippen LogP contribution in [0.15, 0.2) is 36.7 Å². The van der Waals surface area contributed by atoms with Crippen molar-refractivity contribution in [1.82, 2.24) is 15.2 Å². The van der Waals surface area contributed by atoms with Gasteiger partial charge in [-0.15, -0.1) is 0 Å². The van der Waals surface area contributed by atoms with Crippen LogP contribution in [0.25, 0.3) is 11.3 Å². The second kappa shape index (κ2) is 7.71. The maximum atomic E-state index is 10.9. The molecule has 4 rings (SSSR count). The Hall–Kier alpha value is -2.37. The Morgan fingerprint density at radius 3 is 2.52 bits per heavy atom. The standard InChI is InChI=1S/C21H22ClN4O/c1-25-10-12-26(13-11-25)19-5-3-17-18(24-14-27)4-2-16(20(17)21(19)22)15-6-8-23-9-7-15/h3,5-9H,2,4,10-13H2,1H3,(H,24,27). The molecular weight excluding hydrogens is 360 g/mol. The number of likely N-dealkylation sites (N-methyl/N-ethyl adjacent to an activating group) is 1. The van der Waals surface area contributed by atoms with E-state index in [-0.39, 0.29) is 0 Å². The Balaban J connectivity index is 1.94. The third kappa shape index (κ3) is 3.45. The van der Waals surface area contributed by atoms with Crippen LogP contribution in [0.4, 0.5) is 5.69 Å². The lowest BCUT2D eigenvalue weighted by molar-refractivity contribution is 0.313. The van der Waals surface area contributed by atoms with E-state index in [0.29, 0.717) is 0 Å². The van der Waals surface area contributed by atoms with E-state index in [1.807, 2.05) is 18.5 Å². The van der Waals surface area contributed by atoms with Crippen molar-refractivity contribution in [3.63, 3.8) is 0 Å². The van der Waals surface area contributed by atoms with Crippen molar-refractivity contribution in [3.8, 4) is 0 Å². The summed E-state index contributed by atoms with van der Waals surface area (Å²) in [6.07, 6.45) is 6.99. The van der Waals surface area contributed by atoms with Crippen LogP contribution < -0.4 is 20.7 Å². The summed E-state index contributed by atoms with van der Waals surface area (Å²) >= 11 is 6.98. The monoisotopic (exact) mass is 381 g/mol. The first-order valence-electron chi connectivity index (χ1n) is 9.21. The molecule has 1 aromatic heterocycles. The number of nitrogens with one attached hydrogen (secondary N) is 1. The average molecular weight is 382 g/mol. The summed E-state index contributed by atoms with van der Waals surface area (Å²) in [7, 11) is 2.14. The molecule has 1 amide bonds. The zero-order valence-corrected chi connectivity index (χ0v) is 16.1. The van der Waals surface area contributed by atoms with E-state index < -0.39 is 0 Å². The Morgan fingerprint density at radius 2 is 1.81 bits per heavy atom. The number of carbonyl (C=O) groups excluding carboxylic acids is 1. The number of rotatable bonds is 4. The lowest BCUT2D eigenvalue weighted by Gasteiger charge is -2.35. The molecule has 2 aromatic rings. The number of benzene rings is 1. The summed E-state index contributed by atoms with van der Waals surface area (Å²) in [6.45, 7) is 3.95. The molecular formula is C21H22ClN4O. The Kier molecular flexibility index (Phi) is 5.14. The maximum Gasteiger partial charge on any atom is 0.313 e. The van der Waals surface area contributed by atoms with Gasteiger partial charge in [-0.3, -0.25) is 9.78 Å². The number of aromatic nitrogens is 1. The van der Waals surface area contributed by atoms with Crippen LogP contribution >= 0.6 is 11.6 Å². The number of fused-ring (bicyclic) bond motifs is 1. The fourth-order valence-electron chi connectivity index (χ4n) is 3.95. The molecule has 5 nitrogen and oxygen atoms in total. The predicted octanol–water partition coefficient (Wildman–Crippen LogP) is 1.24. The van der Waals surface area contributed by atoms with E-state index >= 15 is 0 Å². The van der Waals surface area contributed by atoms with Crippen LogP contribution in [0.3, 0.4) is 0 Å². The van der Waals surface area contributed by atoms with Gasteiger partial charge < -0.3 is 15.1 Å². The lowest BCUT2D eigenvalue weighted by Crippen LogP contribution is -2.46. The van der Waals surface area contributed by atoms with E-state index in [1.54, 1.807) is 12.4 Å². The SMILES string of the molecule is CN1CCN(c2ccc3c(c2Cl)=C(c2ccncc2)CCC=3N[C]=O)CC1. The van der Waals surface area contributed by atoms with Gasteiger partial charge in [-0.2, -0.15) is 0 Å². The summed E-state index contributed by atoms with van der Waals surface area (Å²) in [5.41, 5.74) is 4.26. The number of pyridine rings is 1. The molecule has 2 heterocycles. The highest BCUT2D eigenvalue weighted by molar-refractivity contribution is 6.33. The number of piperazine rings is 1. The number of nitrogens with zero attached hydrogens (tertiary/aromatic N) is 3. The summed E-state index contributed by atoms with van der Waals surface area (Å²) in [4.78, 5) is 19.8. The van der Waals surface area contributed by atoms with Crippen molar-refractivity contribution >= 4 is 35.0 Å². The van der Waals surface area contributed by atoms with E-state index in [9.17, 15) is 4.79 Å². The summed E-state index contributed by atoms with van der Waals surface area (Å²) in [5.74, 6) is 0. The normalized spacial score (nSPS) is 17.6. The van der Waals surface area contributed by atoms with E-state index in [1.165, 1.54) is 5.57 Å². The third-order valence-corrected chi connectivity index (χ3v) is 5.83. The molecule has 0 atom stereocenters. The summed E-state index contributed by atoms with van der Waals surface area (Å²) in [6, 6.07) is 8.19. The molecule has 6 heteroatoms. The summed E-state index contributed by atoms with van der Waals surface area (Å²) < 4.78 is 0. The fraction of sp³-hybridized carbons (Fsp3) is 0.333. The molecule has 0 saturated carbocycles. The van der Waals surface area contributed by atoms with Gasteiger partial charge in [0.2, 0.25) is 0 Å². The van der Waals surface area contributed by atoms with Gasteiger partial charge in [-0.25, -0.2) is 0 Å². The van der Waals surface area contributed by atoms with Gasteiger partial charge >= 0.3 is 6.41 Å². The smallest absolute Gasteiger partial charge is 0.313 e. The quantitative estimate of drug-likeness (QED) is 0.810. The molecule has 139 valence electrons. The fourth-order valence-corrected chi connectivity index (χ4v) is 4.34. The van der Waals surface area contributed by atoms with Crippen molar-refractivity contribution in [2.24, 2.45) is 0 Å². The van der Waals surface area contributed by atoms with Crippen molar-refractivity contribution in [2.45, 2.75) is 12.8 Å². The minimum absolute atomic E-state index is 0.754. The van der Waals surface area contributed by atoms with Crippen molar-refractivity contribution in [3.05, 3.63) is 57.7 Å². The van der Waals surface area contributed by atoms with Crippen LogP contribution in [0.5, 0.6) is 0 Å². The van der Waals surface area contributed by atoms with Gasteiger partial charge in [-0.1, -0.05) is 17.7 Å². The van der Waals surface area contributed by atoms with Crippen LogP contribution in [0.1, 0.15) is 18.4 Å². The molecule has 27 heavy (non-hydrogen) atoms. The van der Waals surface area contributed by atoms with Gasteiger partial charge in [0.15, 0.2) is 0 Å². The van der Waals surface area contributed by atoms with Gasteiger partial charge in [0.05, 0.1) is 10.7 Å². The molecule has 0 spiro atoms. The average Bonchev–Trinajstić information content (AvgIpc) is 2.70. The topological polar surface area (TPSA) is 48.5 Å². The van der Waals surface area contributed by atoms with Crippen LogP contribution in [-0.2, 0) is 4.79 Å². The molecule has 2 aliphatic rings. The first-order valence-corrected chi connectivity index (χ1v) is 9.59. The Morgan fingerprint density at radius 1 is 1.07 bits per heavy atom. The van der Waals surface area contributed by atoms with E-state index in [2.05, 4.69) is 39.3 Å². The van der Waals surface area contributed by atoms with Gasteiger partial charge in [-0.05, 0) is 49.2 Å². The second-order valence-electron chi connectivity index (χ2n) is 7.03.